The number of carbonyl (C=O) groups is 3. The van der Waals surface area contributed by atoms with Gasteiger partial charge in [-0.1, -0.05) is 0 Å². The Labute approximate surface area is 240 Å². The largest absolute Gasteiger partial charge is 0.493 e. The molecular formula is C30H39N3O8. The summed E-state index contributed by atoms with van der Waals surface area (Å²) in [6.45, 7) is 8.67. The van der Waals surface area contributed by atoms with E-state index in [4.69, 9.17) is 18.9 Å². The van der Waals surface area contributed by atoms with Crippen LogP contribution < -0.4 is 24.4 Å². The van der Waals surface area contributed by atoms with Crippen LogP contribution in [0.1, 0.15) is 62.4 Å². The number of anilines is 1. The van der Waals surface area contributed by atoms with Crippen LogP contribution in [0.4, 0.5) is 15.3 Å². The van der Waals surface area contributed by atoms with Crippen molar-refractivity contribution in [2.45, 2.75) is 64.2 Å². The second-order valence-corrected chi connectivity index (χ2v) is 11.4. The van der Waals surface area contributed by atoms with Gasteiger partial charge in [-0.2, -0.15) is 0 Å². The van der Waals surface area contributed by atoms with Crippen LogP contribution in [0, 0.1) is 0 Å². The van der Waals surface area contributed by atoms with Crippen molar-refractivity contribution in [2.75, 3.05) is 38.8 Å². The van der Waals surface area contributed by atoms with Gasteiger partial charge in [0.15, 0.2) is 11.5 Å². The number of nitrogens with one attached hydrogen (secondary N) is 1. The highest BCUT2D eigenvalue weighted by Gasteiger charge is 2.35. The third kappa shape index (κ3) is 6.96. The van der Waals surface area contributed by atoms with E-state index in [1.807, 2.05) is 27.7 Å². The fourth-order valence-electron chi connectivity index (χ4n) is 5.30. The molecule has 0 spiro atoms. The number of carboxylic acid groups (broad SMARTS) is 1. The zero-order chi connectivity index (χ0) is 29.9. The second kappa shape index (κ2) is 12.2. The molecule has 2 aromatic rings. The predicted molar refractivity (Wildman–Crippen MR) is 152 cm³/mol. The lowest BCUT2D eigenvalue weighted by atomic mass is 9.85. The zero-order valence-corrected chi connectivity index (χ0v) is 24.4. The molecule has 0 aliphatic carbocycles. The third-order valence-electron chi connectivity index (χ3n) is 7.23. The second-order valence-electron chi connectivity index (χ2n) is 11.4. The Kier molecular flexibility index (Phi) is 8.84. The molecule has 2 aliphatic heterocycles. The molecule has 3 amide bonds. The lowest BCUT2D eigenvalue weighted by Crippen LogP contribution is -2.44. The first-order valence-corrected chi connectivity index (χ1v) is 13.7. The van der Waals surface area contributed by atoms with E-state index in [1.54, 1.807) is 41.3 Å². The summed E-state index contributed by atoms with van der Waals surface area (Å²) in [5.41, 5.74) is 1.21. The molecule has 0 saturated carbocycles. The number of rotatable bonds is 7. The first-order chi connectivity index (χ1) is 19.4. The molecule has 0 radical (unpaired) electrons. The third-order valence-corrected chi connectivity index (χ3v) is 7.23. The van der Waals surface area contributed by atoms with Gasteiger partial charge in [0.05, 0.1) is 26.5 Å². The van der Waals surface area contributed by atoms with Gasteiger partial charge in [0.2, 0.25) is 0 Å². The fraction of sp³-hybridized carbons (Fsp3) is 0.500. The molecule has 2 aromatic carbocycles. The van der Waals surface area contributed by atoms with Gasteiger partial charge in [0, 0.05) is 43.1 Å². The molecule has 0 aromatic heterocycles. The summed E-state index contributed by atoms with van der Waals surface area (Å²) < 4.78 is 22.3. The molecule has 2 N–H and O–H groups in total. The minimum Gasteiger partial charge on any atom is -0.493 e. The van der Waals surface area contributed by atoms with Crippen molar-refractivity contribution in [1.82, 2.24) is 10.2 Å². The van der Waals surface area contributed by atoms with E-state index >= 15 is 0 Å². The van der Waals surface area contributed by atoms with Crippen molar-refractivity contribution in [1.29, 1.82) is 0 Å². The Morgan fingerprint density at radius 2 is 1.71 bits per heavy atom. The van der Waals surface area contributed by atoms with Crippen LogP contribution in [0.2, 0.25) is 0 Å². The quantitative estimate of drug-likeness (QED) is 0.483. The van der Waals surface area contributed by atoms with Gasteiger partial charge in [-0.25, -0.2) is 9.59 Å². The predicted octanol–water partition coefficient (Wildman–Crippen LogP) is 4.88. The number of methoxy groups -OCH3 is 2. The van der Waals surface area contributed by atoms with E-state index in [0.717, 1.165) is 5.56 Å². The van der Waals surface area contributed by atoms with Gasteiger partial charge in [-0.3, -0.25) is 9.69 Å². The molecule has 3 unspecified atom stereocenters. The molecule has 222 valence electrons. The summed E-state index contributed by atoms with van der Waals surface area (Å²) in [6, 6.07) is 10.0. The smallest absolute Gasteiger partial charge is 0.412 e. The molecular weight excluding hydrogens is 530 g/mol. The highest BCUT2D eigenvalue weighted by Crippen LogP contribution is 2.44. The van der Waals surface area contributed by atoms with Crippen molar-refractivity contribution in [3.05, 3.63) is 47.5 Å². The Hall–Kier alpha value is -4.15. The van der Waals surface area contributed by atoms with E-state index in [-0.39, 0.29) is 30.1 Å². The van der Waals surface area contributed by atoms with Crippen molar-refractivity contribution in [3.8, 4) is 17.2 Å². The van der Waals surface area contributed by atoms with Crippen molar-refractivity contribution in [2.24, 2.45) is 0 Å². The van der Waals surface area contributed by atoms with E-state index < -0.39 is 11.7 Å². The monoisotopic (exact) mass is 569 g/mol. The Morgan fingerprint density at radius 3 is 2.32 bits per heavy atom. The molecule has 11 heteroatoms. The maximum Gasteiger partial charge on any atom is 0.412 e. The fourth-order valence-corrected chi connectivity index (χ4v) is 5.30. The Balaban J connectivity index is 1.38. The lowest BCUT2D eigenvalue weighted by Gasteiger charge is -2.38. The molecule has 41 heavy (non-hydrogen) atoms. The average Bonchev–Trinajstić information content (AvgIpc) is 3.38. The Bertz CT molecular complexity index is 1270. The molecule has 11 nitrogen and oxygen atoms in total. The summed E-state index contributed by atoms with van der Waals surface area (Å²) in [7, 11) is 3.03. The van der Waals surface area contributed by atoms with Crippen LogP contribution in [-0.4, -0.2) is 79.7 Å². The summed E-state index contributed by atoms with van der Waals surface area (Å²) in [4.78, 5) is 40.3. The Morgan fingerprint density at radius 1 is 1.05 bits per heavy atom. The highest BCUT2D eigenvalue weighted by atomic mass is 16.6. The standard InChI is InChI=1S/C30H39N3O8/c1-18-13-20(23-14-25(38-5)26(39-6)15-24(23)33(18)28(35)36)16-31-27(34)19-7-9-21(10-8-19)40-22-11-12-32(17-22)29(37)41-30(2,3)4/h7-10,14-15,18,20,22H,11-13,16-17H2,1-6H3,(H,31,34)(H,35,36). The number of nitrogens with zero attached hydrogens (tertiary/aromatic N) is 2. The summed E-state index contributed by atoms with van der Waals surface area (Å²) >= 11 is 0. The highest BCUT2D eigenvalue weighted by molar-refractivity contribution is 5.94. The van der Waals surface area contributed by atoms with E-state index in [2.05, 4.69) is 5.32 Å². The number of fused-ring (bicyclic) bond motifs is 1. The maximum atomic E-state index is 13.0. The maximum absolute atomic E-state index is 13.0. The SMILES string of the molecule is COc1cc2c(cc1OC)N(C(=O)O)C(C)CC2CNC(=O)c1ccc(OC2CCN(C(=O)OC(C)(C)C)C2)cc1. The van der Waals surface area contributed by atoms with Crippen LogP contribution in [0.15, 0.2) is 36.4 Å². The summed E-state index contributed by atoms with van der Waals surface area (Å²) in [5, 5.41) is 12.8. The van der Waals surface area contributed by atoms with Crippen LogP contribution >= 0.6 is 0 Å². The van der Waals surface area contributed by atoms with Crippen molar-refractivity contribution in [3.63, 3.8) is 0 Å². The first-order valence-electron chi connectivity index (χ1n) is 13.7. The van der Waals surface area contributed by atoms with Crippen LogP contribution in [0.25, 0.3) is 0 Å². The minimum atomic E-state index is -1.05. The van der Waals surface area contributed by atoms with Crippen LogP contribution in [-0.2, 0) is 4.74 Å². The number of amides is 3. The molecule has 2 aliphatic rings. The van der Waals surface area contributed by atoms with Crippen molar-refractivity contribution >= 4 is 23.8 Å². The molecule has 1 saturated heterocycles. The van der Waals surface area contributed by atoms with Gasteiger partial charge in [0.1, 0.15) is 17.5 Å². The molecule has 0 bridgehead atoms. The van der Waals surface area contributed by atoms with Gasteiger partial charge in [-0.05, 0) is 70.0 Å². The molecule has 3 atom stereocenters. The number of hydrogen-bond acceptors (Lipinski definition) is 7. The molecule has 4 rings (SSSR count). The minimum absolute atomic E-state index is 0.128. The molecule has 2 heterocycles. The van der Waals surface area contributed by atoms with E-state index in [0.29, 0.717) is 61.0 Å². The van der Waals surface area contributed by atoms with Crippen LogP contribution in [0.5, 0.6) is 17.2 Å². The number of carbonyl (C=O) groups excluding carboxylic acids is 2. The van der Waals surface area contributed by atoms with Gasteiger partial charge in [-0.15, -0.1) is 0 Å². The first kappa shape index (κ1) is 29.8. The normalized spacial score (nSPS) is 20.2. The summed E-state index contributed by atoms with van der Waals surface area (Å²) in [6.07, 6.45) is -0.330. The van der Waals surface area contributed by atoms with Gasteiger partial charge < -0.3 is 34.3 Å². The lowest BCUT2D eigenvalue weighted by molar-refractivity contribution is 0.0275. The van der Waals surface area contributed by atoms with E-state index in [1.165, 1.54) is 19.1 Å². The molecule has 1 fully saturated rings. The number of ether oxygens (including phenoxy) is 4. The number of benzene rings is 2. The zero-order valence-electron chi connectivity index (χ0n) is 24.4. The van der Waals surface area contributed by atoms with Gasteiger partial charge >= 0.3 is 12.2 Å². The topological polar surface area (TPSA) is 127 Å². The van der Waals surface area contributed by atoms with Crippen LogP contribution in [0.3, 0.4) is 0 Å². The average molecular weight is 570 g/mol. The van der Waals surface area contributed by atoms with Gasteiger partial charge in [0.25, 0.3) is 5.91 Å². The number of likely N-dealkylation sites (tertiary alicyclic amines) is 1. The summed E-state index contributed by atoms with van der Waals surface area (Å²) in [5.74, 6) is 1.17. The van der Waals surface area contributed by atoms with E-state index in [9.17, 15) is 19.5 Å². The van der Waals surface area contributed by atoms with Crippen molar-refractivity contribution < 1.29 is 38.4 Å². The number of hydrogen-bond donors (Lipinski definition) is 2.